The molecule has 0 aromatic heterocycles. The highest BCUT2D eigenvalue weighted by Crippen LogP contribution is 2.32. The van der Waals surface area contributed by atoms with Crippen LogP contribution in [0.25, 0.3) is 0 Å². The molecular weight excluding hydrogens is 245 g/mol. The van der Waals surface area contributed by atoms with E-state index in [0.717, 1.165) is 6.42 Å². The van der Waals surface area contributed by atoms with Gasteiger partial charge in [0.25, 0.3) is 0 Å². The summed E-state index contributed by atoms with van der Waals surface area (Å²) in [6.45, 7) is 0.126. The van der Waals surface area contributed by atoms with Crippen molar-refractivity contribution in [2.24, 2.45) is 5.73 Å². The van der Waals surface area contributed by atoms with Crippen molar-refractivity contribution in [3.63, 3.8) is 0 Å². The molecule has 0 saturated carbocycles. The van der Waals surface area contributed by atoms with Gasteiger partial charge in [-0.05, 0) is 25.8 Å². The van der Waals surface area contributed by atoms with Gasteiger partial charge in [0.15, 0.2) is 0 Å². The number of nitrogens with zero attached hydrogens (tertiary/aromatic N) is 1. The number of halogens is 3. The van der Waals surface area contributed by atoms with Crippen molar-refractivity contribution >= 4 is 10.0 Å². The van der Waals surface area contributed by atoms with Crippen molar-refractivity contribution < 1.29 is 21.6 Å². The van der Waals surface area contributed by atoms with E-state index in [1.165, 1.54) is 0 Å². The monoisotopic (exact) mass is 260 g/mol. The molecule has 1 fully saturated rings. The molecule has 0 bridgehead atoms. The van der Waals surface area contributed by atoms with Crippen molar-refractivity contribution in [3.05, 3.63) is 0 Å². The number of hydrogen-bond acceptors (Lipinski definition) is 3. The molecule has 1 aliphatic rings. The third kappa shape index (κ3) is 2.67. The molecule has 0 aromatic rings. The molecule has 1 rings (SSSR count). The Morgan fingerprint density at radius 3 is 2.44 bits per heavy atom. The number of rotatable bonds is 3. The Bertz CT molecular complexity index is 327. The molecule has 0 amide bonds. The van der Waals surface area contributed by atoms with E-state index in [-0.39, 0.29) is 19.5 Å². The van der Waals surface area contributed by atoms with Crippen molar-refractivity contribution in [2.45, 2.75) is 37.2 Å². The largest absolute Gasteiger partial charge is 0.511 e. The standard InChI is InChI=1S/C8H15F3N2O2S/c9-8(10,11)16(14,15)13-6-2-1-3-7(13)4-5-12/h7H,1-6,12H2. The van der Waals surface area contributed by atoms with Crippen LogP contribution in [-0.4, -0.2) is 37.4 Å². The Morgan fingerprint density at radius 2 is 1.94 bits per heavy atom. The second-order valence-corrected chi connectivity index (χ2v) is 5.67. The SMILES string of the molecule is NCCC1CCCCN1S(=O)(=O)C(F)(F)F. The van der Waals surface area contributed by atoms with Crippen LogP contribution in [0.3, 0.4) is 0 Å². The fourth-order valence-electron chi connectivity index (χ4n) is 1.90. The smallest absolute Gasteiger partial charge is 0.330 e. The van der Waals surface area contributed by atoms with Crippen molar-refractivity contribution in [3.8, 4) is 0 Å². The van der Waals surface area contributed by atoms with E-state index in [9.17, 15) is 21.6 Å². The summed E-state index contributed by atoms with van der Waals surface area (Å²) >= 11 is 0. The molecule has 96 valence electrons. The molecule has 8 heteroatoms. The summed E-state index contributed by atoms with van der Waals surface area (Å²) in [4.78, 5) is 0. The lowest BCUT2D eigenvalue weighted by atomic mass is 10.0. The fraction of sp³-hybridized carbons (Fsp3) is 1.00. The molecule has 1 heterocycles. The van der Waals surface area contributed by atoms with Gasteiger partial charge in [-0.1, -0.05) is 6.42 Å². The van der Waals surface area contributed by atoms with E-state index in [4.69, 9.17) is 5.73 Å². The maximum Gasteiger partial charge on any atom is 0.511 e. The molecule has 1 atom stereocenters. The Balaban J connectivity index is 2.91. The van der Waals surface area contributed by atoms with Crippen LogP contribution in [0.1, 0.15) is 25.7 Å². The van der Waals surface area contributed by atoms with Gasteiger partial charge in [0.05, 0.1) is 0 Å². The first-order valence-corrected chi connectivity index (χ1v) is 6.53. The van der Waals surface area contributed by atoms with E-state index in [1.54, 1.807) is 0 Å². The summed E-state index contributed by atoms with van der Waals surface area (Å²) in [6, 6.07) is -0.606. The average Bonchev–Trinajstić information content (AvgIpc) is 2.17. The first kappa shape index (κ1) is 13.7. The molecule has 0 spiro atoms. The number of nitrogens with two attached hydrogens (primary N) is 1. The zero-order chi connectivity index (χ0) is 12.4. The van der Waals surface area contributed by atoms with Gasteiger partial charge < -0.3 is 5.73 Å². The molecule has 0 aliphatic carbocycles. The van der Waals surface area contributed by atoms with Crippen molar-refractivity contribution in [1.29, 1.82) is 0 Å². The summed E-state index contributed by atoms with van der Waals surface area (Å²) < 4.78 is 60.2. The number of sulfonamides is 1. The lowest BCUT2D eigenvalue weighted by molar-refractivity contribution is -0.0509. The summed E-state index contributed by atoms with van der Waals surface area (Å²) in [5.41, 5.74) is 0.0601. The van der Waals surface area contributed by atoms with Crippen molar-refractivity contribution in [1.82, 2.24) is 4.31 Å². The van der Waals surface area contributed by atoms with Crippen LogP contribution in [0.15, 0.2) is 0 Å². The van der Waals surface area contributed by atoms with Crippen LogP contribution < -0.4 is 5.73 Å². The van der Waals surface area contributed by atoms with Gasteiger partial charge in [0.1, 0.15) is 0 Å². The van der Waals surface area contributed by atoms with Crippen LogP contribution in [0, 0.1) is 0 Å². The van der Waals surface area contributed by atoms with Crippen LogP contribution >= 0.6 is 0 Å². The molecule has 16 heavy (non-hydrogen) atoms. The third-order valence-corrected chi connectivity index (χ3v) is 4.36. The maximum absolute atomic E-state index is 12.4. The lowest BCUT2D eigenvalue weighted by Crippen LogP contribution is -2.49. The van der Waals surface area contributed by atoms with E-state index in [1.807, 2.05) is 0 Å². The minimum atomic E-state index is -5.21. The summed E-state index contributed by atoms with van der Waals surface area (Å²) in [7, 11) is -5.19. The zero-order valence-corrected chi connectivity index (χ0v) is 9.52. The summed E-state index contributed by atoms with van der Waals surface area (Å²) in [5.74, 6) is 0. The number of hydrogen-bond donors (Lipinski definition) is 1. The van der Waals surface area contributed by atoms with Gasteiger partial charge in [0.2, 0.25) is 0 Å². The highest BCUT2D eigenvalue weighted by molar-refractivity contribution is 7.90. The van der Waals surface area contributed by atoms with Crippen LogP contribution in [-0.2, 0) is 10.0 Å². The number of alkyl halides is 3. The fourth-order valence-corrected chi connectivity index (χ4v) is 3.14. The predicted molar refractivity (Wildman–Crippen MR) is 53.0 cm³/mol. The molecule has 1 saturated heterocycles. The Hall–Kier alpha value is -0.340. The van der Waals surface area contributed by atoms with E-state index in [0.29, 0.717) is 17.1 Å². The second kappa shape index (κ2) is 4.89. The molecule has 1 unspecified atom stereocenters. The molecule has 4 nitrogen and oxygen atoms in total. The minimum Gasteiger partial charge on any atom is -0.330 e. The molecule has 0 aromatic carbocycles. The van der Waals surface area contributed by atoms with Gasteiger partial charge >= 0.3 is 15.5 Å². The van der Waals surface area contributed by atoms with Crippen molar-refractivity contribution in [2.75, 3.05) is 13.1 Å². The first-order valence-electron chi connectivity index (χ1n) is 5.09. The van der Waals surface area contributed by atoms with Gasteiger partial charge in [-0.25, -0.2) is 8.42 Å². The van der Waals surface area contributed by atoms with E-state index < -0.39 is 21.6 Å². The maximum atomic E-state index is 12.4. The molecule has 1 aliphatic heterocycles. The average molecular weight is 260 g/mol. The quantitative estimate of drug-likeness (QED) is 0.824. The Morgan fingerprint density at radius 1 is 1.31 bits per heavy atom. The Labute approximate surface area is 92.6 Å². The summed E-state index contributed by atoms with van der Waals surface area (Å²) in [6.07, 6.45) is 1.94. The Kier molecular flexibility index (Phi) is 4.19. The van der Waals surface area contributed by atoms with Gasteiger partial charge in [-0.2, -0.15) is 17.5 Å². The summed E-state index contributed by atoms with van der Waals surface area (Å²) in [5, 5.41) is 0. The van der Waals surface area contributed by atoms with Crippen LogP contribution in [0.5, 0.6) is 0 Å². The third-order valence-electron chi connectivity index (χ3n) is 2.67. The zero-order valence-electron chi connectivity index (χ0n) is 8.70. The molecule has 2 N–H and O–H groups in total. The van der Waals surface area contributed by atoms with Gasteiger partial charge in [0, 0.05) is 12.6 Å². The topological polar surface area (TPSA) is 63.4 Å². The first-order chi connectivity index (χ1) is 7.30. The number of piperidine rings is 1. The van der Waals surface area contributed by atoms with Crippen LogP contribution in [0.4, 0.5) is 13.2 Å². The molecular formula is C8H15F3N2O2S. The highest BCUT2D eigenvalue weighted by Gasteiger charge is 2.51. The van der Waals surface area contributed by atoms with Gasteiger partial charge in [-0.15, -0.1) is 0 Å². The second-order valence-electron chi connectivity index (χ2n) is 3.79. The van der Waals surface area contributed by atoms with Gasteiger partial charge in [-0.3, -0.25) is 0 Å². The van der Waals surface area contributed by atoms with E-state index >= 15 is 0 Å². The minimum absolute atomic E-state index is 0.0630. The normalized spacial score (nSPS) is 24.6. The van der Waals surface area contributed by atoms with E-state index in [2.05, 4.69) is 0 Å². The predicted octanol–water partition coefficient (Wildman–Crippen LogP) is 1.04. The highest BCUT2D eigenvalue weighted by atomic mass is 32.2. The van der Waals surface area contributed by atoms with Crippen LogP contribution in [0.2, 0.25) is 0 Å². The lowest BCUT2D eigenvalue weighted by Gasteiger charge is -2.34. The molecule has 0 radical (unpaired) electrons.